The number of hydrogen-bond donors (Lipinski definition) is 1. The Hall–Kier alpha value is -2.82. The third kappa shape index (κ3) is 3.22. The van der Waals surface area contributed by atoms with Gasteiger partial charge >= 0.3 is 5.97 Å². The van der Waals surface area contributed by atoms with Crippen molar-refractivity contribution in [2.45, 2.75) is 40.3 Å². The minimum atomic E-state index is -0.950. The third-order valence-corrected chi connectivity index (χ3v) is 4.44. The summed E-state index contributed by atoms with van der Waals surface area (Å²) in [5, 5.41) is 9.18. The van der Waals surface area contributed by atoms with Gasteiger partial charge in [0, 0.05) is 6.04 Å². The zero-order valence-electron chi connectivity index (χ0n) is 14.9. The highest BCUT2D eigenvalue weighted by Gasteiger charge is 2.16. The molecule has 0 amide bonds. The quantitative estimate of drug-likeness (QED) is 0.743. The first kappa shape index (κ1) is 17.0. The molecule has 3 aromatic rings. The summed E-state index contributed by atoms with van der Waals surface area (Å²) in [4.78, 5) is 15.8. The van der Waals surface area contributed by atoms with Gasteiger partial charge in [-0.3, -0.25) is 0 Å². The number of benzene rings is 2. The first-order valence-electron chi connectivity index (χ1n) is 8.31. The fourth-order valence-corrected chi connectivity index (χ4v) is 2.98. The largest absolute Gasteiger partial charge is 0.485 e. The van der Waals surface area contributed by atoms with Crippen LogP contribution in [-0.4, -0.2) is 20.6 Å². The molecule has 0 saturated heterocycles. The van der Waals surface area contributed by atoms with Crippen molar-refractivity contribution in [2.75, 3.05) is 0 Å². The summed E-state index contributed by atoms with van der Waals surface area (Å²) in [5.74, 6) is 0.677. The van der Waals surface area contributed by atoms with E-state index in [2.05, 4.69) is 36.4 Å². The topological polar surface area (TPSA) is 64.3 Å². The number of fused-ring (bicyclic) bond motifs is 1. The minimum absolute atomic E-state index is 0.192. The van der Waals surface area contributed by atoms with Crippen LogP contribution in [-0.2, 0) is 6.61 Å². The molecule has 0 aliphatic heterocycles. The van der Waals surface area contributed by atoms with Crippen LogP contribution in [0.15, 0.2) is 36.4 Å². The van der Waals surface area contributed by atoms with Gasteiger partial charge in [0.05, 0.1) is 16.6 Å². The van der Waals surface area contributed by atoms with E-state index >= 15 is 0 Å². The molecule has 0 aliphatic rings. The van der Waals surface area contributed by atoms with Crippen molar-refractivity contribution in [1.29, 1.82) is 0 Å². The van der Waals surface area contributed by atoms with Crippen molar-refractivity contribution < 1.29 is 14.6 Å². The van der Waals surface area contributed by atoms with Crippen LogP contribution < -0.4 is 4.74 Å². The summed E-state index contributed by atoms with van der Waals surface area (Å²) in [6, 6.07) is 11.2. The van der Waals surface area contributed by atoms with Gasteiger partial charge in [-0.15, -0.1) is 0 Å². The van der Waals surface area contributed by atoms with Crippen molar-refractivity contribution in [3.8, 4) is 5.75 Å². The number of ether oxygens (including phenoxy) is 1. The first-order valence-corrected chi connectivity index (χ1v) is 8.31. The van der Waals surface area contributed by atoms with Crippen LogP contribution in [0.5, 0.6) is 5.75 Å². The van der Waals surface area contributed by atoms with Crippen LogP contribution in [0.3, 0.4) is 0 Å². The van der Waals surface area contributed by atoms with Crippen molar-refractivity contribution in [1.82, 2.24) is 9.55 Å². The predicted molar refractivity (Wildman–Crippen MR) is 97.3 cm³/mol. The maximum absolute atomic E-state index is 11.2. The number of carboxylic acid groups (broad SMARTS) is 1. The Labute approximate surface area is 146 Å². The van der Waals surface area contributed by atoms with Crippen LogP contribution in [0.1, 0.15) is 47.2 Å². The Kier molecular flexibility index (Phi) is 4.49. The SMILES string of the molecule is Cc1cccc(OCc2nc3cc(C(=O)O)ccc3n2C(C)C)c1C. The number of carbonyl (C=O) groups is 1. The molecule has 25 heavy (non-hydrogen) atoms. The molecule has 1 heterocycles. The zero-order chi connectivity index (χ0) is 18.1. The number of hydrogen-bond acceptors (Lipinski definition) is 3. The number of nitrogens with zero attached hydrogens (tertiary/aromatic N) is 2. The second-order valence-electron chi connectivity index (χ2n) is 6.49. The summed E-state index contributed by atoms with van der Waals surface area (Å²) in [6.45, 7) is 8.58. The van der Waals surface area contributed by atoms with Crippen molar-refractivity contribution in [3.05, 3.63) is 58.9 Å². The van der Waals surface area contributed by atoms with E-state index in [4.69, 9.17) is 4.74 Å². The van der Waals surface area contributed by atoms with Crippen molar-refractivity contribution >= 4 is 17.0 Å². The molecule has 5 nitrogen and oxygen atoms in total. The summed E-state index contributed by atoms with van der Waals surface area (Å²) in [5.41, 5.74) is 4.12. The highest BCUT2D eigenvalue weighted by molar-refractivity contribution is 5.92. The summed E-state index contributed by atoms with van der Waals surface area (Å²) in [7, 11) is 0. The van der Waals surface area contributed by atoms with Crippen LogP contribution in [0.4, 0.5) is 0 Å². The predicted octanol–water partition coefficient (Wildman–Crippen LogP) is 4.51. The van der Waals surface area contributed by atoms with Gasteiger partial charge in [0.2, 0.25) is 0 Å². The smallest absolute Gasteiger partial charge is 0.335 e. The molecular formula is C20H22N2O3. The van der Waals surface area contributed by atoms with Crippen LogP contribution in [0, 0.1) is 13.8 Å². The molecule has 0 spiro atoms. The highest BCUT2D eigenvalue weighted by Crippen LogP contribution is 2.25. The second kappa shape index (κ2) is 6.59. The zero-order valence-corrected chi connectivity index (χ0v) is 14.9. The minimum Gasteiger partial charge on any atom is -0.485 e. The van der Waals surface area contributed by atoms with E-state index < -0.39 is 5.97 Å². The average Bonchev–Trinajstić information content (AvgIpc) is 2.93. The van der Waals surface area contributed by atoms with E-state index in [1.807, 2.05) is 25.1 Å². The highest BCUT2D eigenvalue weighted by atomic mass is 16.5. The van der Waals surface area contributed by atoms with Crippen LogP contribution in [0.2, 0.25) is 0 Å². The molecule has 0 fully saturated rings. The first-order chi connectivity index (χ1) is 11.9. The fraction of sp³-hybridized carbons (Fsp3) is 0.300. The molecule has 1 aromatic heterocycles. The normalized spacial score (nSPS) is 11.2. The third-order valence-electron chi connectivity index (χ3n) is 4.44. The Morgan fingerprint density at radius 3 is 2.68 bits per heavy atom. The van der Waals surface area contributed by atoms with Crippen molar-refractivity contribution in [3.63, 3.8) is 0 Å². The number of carboxylic acids is 1. The van der Waals surface area contributed by atoms with Crippen LogP contribution in [0.25, 0.3) is 11.0 Å². The van der Waals surface area contributed by atoms with E-state index in [1.54, 1.807) is 12.1 Å². The molecule has 3 rings (SSSR count). The lowest BCUT2D eigenvalue weighted by Crippen LogP contribution is -2.09. The van der Waals surface area contributed by atoms with Gasteiger partial charge < -0.3 is 14.4 Å². The van der Waals surface area contributed by atoms with E-state index in [1.165, 1.54) is 5.56 Å². The lowest BCUT2D eigenvalue weighted by atomic mass is 10.1. The number of aromatic carboxylic acids is 1. The Balaban J connectivity index is 1.98. The number of aryl methyl sites for hydroxylation is 1. The average molecular weight is 338 g/mol. The number of rotatable bonds is 5. The molecule has 0 bridgehead atoms. The lowest BCUT2D eigenvalue weighted by molar-refractivity contribution is 0.0697. The van der Waals surface area contributed by atoms with E-state index in [0.29, 0.717) is 12.1 Å². The van der Waals surface area contributed by atoms with Gasteiger partial charge in [0.1, 0.15) is 18.2 Å². The molecule has 0 saturated carbocycles. The van der Waals surface area contributed by atoms with Gasteiger partial charge in [0.25, 0.3) is 0 Å². The molecule has 2 aromatic carbocycles. The molecule has 130 valence electrons. The molecule has 5 heteroatoms. The Morgan fingerprint density at radius 2 is 2.00 bits per heavy atom. The number of aromatic nitrogens is 2. The lowest BCUT2D eigenvalue weighted by Gasteiger charge is -2.15. The maximum atomic E-state index is 11.2. The molecule has 1 N–H and O–H groups in total. The van der Waals surface area contributed by atoms with Crippen molar-refractivity contribution in [2.24, 2.45) is 0 Å². The molecular weight excluding hydrogens is 316 g/mol. The molecule has 0 radical (unpaired) electrons. The van der Waals surface area contributed by atoms with Gasteiger partial charge in [0.15, 0.2) is 0 Å². The molecule has 0 atom stereocenters. The van der Waals surface area contributed by atoms with Gasteiger partial charge in [-0.2, -0.15) is 0 Å². The summed E-state index contributed by atoms with van der Waals surface area (Å²) >= 11 is 0. The molecule has 0 aliphatic carbocycles. The maximum Gasteiger partial charge on any atom is 0.335 e. The van der Waals surface area contributed by atoms with Gasteiger partial charge in [-0.1, -0.05) is 12.1 Å². The summed E-state index contributed by atoms with van der Waals surface area (Å²) in [6.07, 6.45) is 0. The van der Waals surface area contributed by atoms with E-state index in [-0.39, 0.29) is 11.6 Å². The van der Waals surface area contributed by atoms with Gasteiger partial charge in [-0.05, 0) is 63.1 Å². The molecule has 0 unspecified atom stereocenters. The van der Waals surface area contributed by atoms with Gasteiger partial charge in [-0.25, -0.2) is 9.78 Å². The number of imidazole rings is 1. The van der Waals surface area contributed by atoms with E-state index in [0.717, 1.165) is 22.7 Å². The van der Waals surface area contributed by atoms with E-state index in [9.17, 15) is 9.90 Å². The Bertz CT molecular complexity index is 942. The van der Waals surface area contributed by atoms with Crippen LogP contribution >= 0.6 is 0 Å². The monoisotopic (exact) mass is 338 g/mol. The standard InChI is InChI=1S/C20H22N2O3/c1-12(2)22-17-9-8-15(20(23)24)10-16(17)21-19(22)11-25-18-7-5-6-13(3)14(18)4/h5-10,12H,11H2,1-4H3,(H,23,24). The fourth-order valence-electron chi connectivity index (χ4n) is 2.98. The second-order valence-corrected chi connectivity index (χ2v) is 6.49. The summed E-state index contributed by atoms with van der Waals surface area (Å²) < 4.78 is 8.09. The Morgan fingerprint density at radius 1 is 1.24 bits per heavy atom.